The zero-order valence-corrected chi connectivity index (χ0v) is 66.3. The zero-order valence-electron chi connectivity index (χ0n) is 66.3. The molecule has 0 radical (unpaired) electrons. The minimum absolute atomic E-state index is 0.213. The zero-order chi connectivity index (χ0) is 76.7. The van der Waals surface area contributed by atoms with Gasteiger partial charge in [0.2, 0.25) is 0 Å². The van der Waals surface area contributed by atoms with Gasteiger partial charge in [-0.1, -0.05) is 481 Å². The number of benzene rings is 15. The van der Waals surface area contributed by atoms with Crippen LogP contribution in [0.3, 0.4) is 0 Å². The highest BCUT2D eigenvalue weighted by Crippen LogP contribution is 2.33. The lowest BCUT2D eigenvalue weighted by atomic mass is 9.85. The molecule has 0 amide bonds. The Morgan fingerprint density at radius 2 is 0.398 bits per heavy atom. The van der Waals surface area contributed by atoms with Gasteiger partial charge in [-0.15, -0.1) is 0 Å². The van der Waals surface area contributed by atoms with Crippen molar-refractivity contribution >= 4 is 0 Å². The standard InChI is InChI=1S/C18H14.C18H22.2C16H18.C14H14.2C13H12/c1-3-7-15(8-4-1)17-11-13-18(14-12-17)16-9-5-2-6-10-16;1-13(2)16-10-17(14(3)4)12-18(11-16)15-8-6-5-7-9-15;2*1-16(2,3)15-11-7-10-14(12-15)13-8-5-4-6-9-13;1-11-8-12(2)10-14(9-11)13-6-4-3-5-7-13;2*1-11-7-5-6-10-13(11)12-8-3-2-4-9-12/h1-14H;5-14H,1-4H3;2*4-12H,1-3H3;3-10H,1-2H3;2*2-10H,1H3. The van der Waals surface area contributed by atoms with Crippen molar-refractivity contribution in [3.8, 4) is 89.0 Å². The summed E-state index contributed by atoms with van der Waals surface area (Å²) in [6, 6.07) is 141. The third-order valence-corrected chi connectivity index (χ3v) is 19.0. The molecule has 0 spiro atoms. The van der Waals surface area contributed by atoms with Crippen LogP contribution in [0.4, 0.5) is 0 Å². The smallest absolute Gasteiger partial charge is 0.0132 e. The van der Waals surface area contributed by atoms with Gasteiger partial charge in [-0.25, -0.2) is 0 Å². The highest BCUT2D eigenvalue weighted by atomic mass is 14.2. The molecule has 15 aromatic carbocycles. The fourth-order valence-electron chi connectivity index (χ4n) is 12.6. The Hall–Kier alpha value is -11.7. The van der Waals surface area contributed by atoms with E-state index in [0.717, 1.165) is 0 Å². The molecule has 15 aromatic rings. The quantitative estimate of drug-likeness (QED) is 0.128. The summed E-state index contributed by atoms with van der Waals surface area (Å²) in [6.45, 7) is 31.1. The summed E-state index contributed by atoms with van der Waals surface area (Å²) in [6.07, 6.45) is 0. The Kier molecular flexibility index (Phi) is 30.3. The first-order valence-electron chi connectivity index (χ1n) is 38.3. The predicted molar refractivity (Wildman–Crippen MR) is 473 cm³/mol. The van der Waals surface area contributed by atoms with Gasteiger partial charge in [0.1, 0.15) is 0 Å². The van der Waals surface area contributed by atoms with Crippen LogP contribution in [0.1, 0.15) is 126 Å². The average Bonchev–Trinajstić information content (AvgIpc) is 0.842. The van der Waals surface area contributed by atoms with Crippen molar-refractivity contribution in [2.24, 2.45) is 0 Å². The molecule has 0 aliphatic rings. The summed E-state index contributed by atoms with van der Waals surface area (Å²) in [5.41, 5.74) is 32.0. The second kappa shape index (κ2) is 40.7. The van der Waals surface area contributed by atoms with Crippen molar-refractivity contribution in [1.82, 2.24) is 0 Å². The fourth-order valence-corrected chi connectivity index (χ4v) is 12.6. The number of hydrogen-bond acceptors (Lipinski definition) is 0. The maximum Gasteiger partial charge on any atom is -0.0132 e. The van der Waals surface area contributed by atoms with E-state index in [9.17, 15) is 0 Å². The molecule has 0 heteroatoms. The van der Waals surface area contributed by atoms with Gasteiger partial charge in [-0.3, -0.25) is 0 Å². The first kappa shape index (κ1) is 80.4. The maximum absolute atomic E-state index is 2.35. The Balaban J connectivity index is 0.000000146. The molecule has 0 atom stereocenters. The average molecular weight is 1410 g/mol. The maximum atomic E-state index is 2.35. The first-order valence-corrected chi connectivity index (χ1v) is 38.3. The van der Waals surface area contributed by atoms with Crippen molar-refractivity contribution in [1.29, 1.82) is 0 Å². The molecular weight excluding hydrogens is 1300 g/mol. The molecule has 0 saturated carbocycles. The molecular formula is C108H110. The van der Waals surface area contributed by atoms with E-state index in [2.05, 4.69) is 467 Å². The Bertz CT molecular complexity index is 4780. The van der Waals surface area contributed by atoms with Crippen LogP contribution in [0.15, 0.2) is 400 Å². The van der Waals surface area contributed by atoms with Crippen molar-refractivity contribution in [2.45, 2.75) is 120 Å². The molecule has 0 nitrogen and oxygen atoms in total. The van der Waals surface area contributed by atoms with Gasteiger partial charge in [0.15, 0.2) is 0 Å². The molecule has 108 heavy (non-hydrogen) atoms. The lowest BCUT2D eigenvalue weighted by Gasteiger charge is -2.19. The van der Waals surface area contributed by atoms with Gasteiger partial charge in [0.05, 0.1) is 0 Å². The minimum Gasteiger partial charge on any atom is -0.0622 e. The lowest BCUT2D eigenvalue weighted by molar-refractivity contribution is 0.590. The van der Waals surface area contributed by atoms with E-state index in [1.165, 1.54) is 134 Å². The molecule has 0 heterocycles. The first-order chi connectivity index (χ1) is 52.2. The molecule has 0 aromatic heterocycles. The van der Waals surface area contributed by atoms with Crippen LogP contribution in [0.2, 0.25) is 0 Å². The van der Waals surface area contributed by atoms with E-state index in [1.54, 1.807) is 0 Å². The summed E-state index contributed by atoms with van der Waals surface area (Å²) in [4.78, 5) is 0. The molecule has 0 aliphatic heterocycles. The van der Waals surface area contributed by atoms with Crippen LogP contribution in [-0.4, -0.2) is 0 Å². The highest BCUT2D eigenvalue weighted by Gasteiger charge is 2.16. The topological polar surface area (TPSA) is 0 Å². The predicted octanol–water partition coefficient (Wildman–Crippen LogP) is 31.2. The van der Waals surface area contributed by atoms with Gasteiger partial charge >= 0.3 is 0 Å². The monoisotopic (exact) mass is 1410 g/mol. The lowest BCUT2D eigenvalue weighted by Crippen LogP contribution is -2.10. The molecule has 542 valence electrons. The van der Waals surface area contributed by atoms with Gasteiger partial charge in [-0.2, -0.15) is 0 Å². The summed E-state index contributed by atoms with van der Waals surface area (Å²) >= 11 is 0. The van der Waals surface area contributed by atoms with Crippen LogP contribution in [0.25, 0.3) is 89.0 Å². The molecule has 0 unspecified atom stereocenters. The molecule has 0 fully saturated rings. The van der Waals surface area contributed by atoms with E-state index < -0.39 is 0 Å². The molecule has 0 bridgehead atoms. The van der Waals surface area contributed by atoms with E-state index in [0.29, 0.717) is 11.8 Å². The Morgan fingerprint density at radius 1 is 0.176 bits per heavy atom. The van der Waals surface area contributed by atoms with Crippen LogP contribution in [0.5, 0.6) is 0 Å². The summed E-state index contributed by atoms with van der Waals surface area (Å²) in [5.74, 6) is 1.15. The molecule has 0 N–H and O–H groups in total. The fraction of sp³-hybridized carbons (Fsp3) is 0.167. The van der Waals surface area contributed by atoms with Crippen LogP contribution >= 0.6 is 0 Å². The summed E-state index contributed by atoms with van der Waals surface area (Å²) < 4.78 is 0. The summed E-state index contributed by atoms with van der Waals surface area (Å²) in [7, 11) is 0. The number of aryl methyl sites for hydroxylation is 4. The SMILES string of the molecule is CC(C)(C)c1cccc(-c2ccccc2)c1.CC(C)(C)c1cccc(-c2ccccc2)c1.CC(C)c1cc(-c2ccccc2)cc(C(C)C)c1.Cc1cc(C)cc(-c2ccccc2)c1.Cc1ccccc1-c1ccccc1.Cc1ccccc1-c1ccccc1.c1ccc(-c2ccc(-c3ccccc3)cc2)cc1. The number of hydrogen-bond donors (Lipinski definition) is 0. The van der Waals surface area contributed by atoms with Gasteiger partial charge in [-0.05, 0) is 173 Å². The van der Waals surface area contributed by atoms with Crippen LogP contribution in [-0.2, 0) is 10.8 Å². The molecule has 0 aliphatic carbocycles. The van der Waals surface area contributed by atoms with Crippen molar-refractivity contribution < 1.29 is 0 Å². The van der Waals surface area contributed by atoms with E-state index in [4.69, 9.17) is 0 Å². The van der Waals surface area contributed by atoms with Crippen molar-refractivity contribution in [3.63, 3.8) is 0 Å². The third kappa shape index (κ3) is 25.3. The third-order valence-electron chi connectivity index (χ3n) is 19.0. The van der Waals surface area contributed by atoms with Crippen molar-refractivity contribution in [3.05, 3.63) is 445 Å². The normalized spacial score (nSPS) is 10.7. The van der Waals surface area contributed by atoms with Crippen LogP contribution in [0, 0.1) is 27.7 Å². The van der Waals surface area contributed by atoms with Crippen LogP contribution < -0.4 is 0 Å². The molecule has 0 saturated heterocycles. The Labute approximate surface area is 649 Å². The highest BCUT2D eigenvalue weighted by molar-refractivity contribution is 5.73. The van der Waals surface area contributed by atoms with Crippen molar-refractivity contribution in [2.75, 3.05) is 0 Å². The number of rotatable bonds is 10. The summed E-state index contributed by atoms with van der Waals surface area (Å²) in [5, 5.41) is 0. The second-order valence-corrected chi connectivity index (χ2v) is 30.4. The van der Waals surface area contributed by atoms with E-state index in [1.807, 2.05) is 30.3 Å². The second-order valence-electron chi connectivity index (χ2n) is 30.4. The minimum atomic E-state index is 0.213. The van der Waals surface area contributed by atoms with Gasteiger partial charge in [0.25, 0.3) is 0 Å². The van der Waals surface area contributed by atoms with Gasteiger partial charge in [0, 0.05) is 0 Å². The van der Waals surface area contributed by atoms with E-state index >= 15 is 0 Å². The molecule has 15 rings (SSSR count). The van der Waals surface area contributed by atoms with Gasteiger partial charge < -0.3 is 0 Å². The van der Waals surface area contributed by atoms with E-state index in [-0.39, 0.29) is 10.8 Å². The Morgan fingerprint density at radius 3 is 0.667 bits per heavy atom. The largest absolute Gasteiger partial charge is 0.0622 e.